The van der Waals surface area contributed by atoms with Crippen LogP contribution in [0.15, 0.2) is 17.4 Å². The van der Waals surface area contributed by atoms with E-state index >= 15 is 0 Å². The summed E-state index contributed by atoms with van der Waals surface area (Å²) < 4.78 is 1.81. The summed E-state index contributed by atoms with van der Waals surface area (Å²) in [5.41, 5.74) is 2.54. The first-order chi connectivity index (χ1) is 8.49. The molecule has 2 aromatic heterocycles. The number of hydrogen-bond acceptors (Lipinski definition) is 5. The van der Waals surface area contributed by atoms with Gasteiger partial charge in [0.05, 0.1) is 5.75 Å². The van der Waals surface area contributed by atoms with Gasteiger partial charge in [-0.2, -0.15) is 0 Å². The van der Waals surface area contributed by atoms with E-state index in [9.17, 15) is 4.79 Å². The molecular formula is C11H14N4O2S. The van der Waals surface area contributed by atoms with Crippen molar-refractivity contribution in [3.05, 3.63) is 17.8 Å². The van der Waals surface area contributed by atoms with Gasteiger partial charge in [-0.1, -0.05) is 11.8 Å². The first kappa shape index (κ1) is 12.7. The second kappa shape index (κ2) is 4.85. The van der Waals surface area contributed by atoms with Gasteiger partial charge in [0.15, 0.2) is 10.8 Å². The molecular weight excluding hydrogens is 252 g/mol. The first-order valence-corrected chi connectivity index (χ1v) is 6.35. The summed E-state index contributed by atoms with van der Waals surface area (Å²) in [6.07, 6.45) is 1.77. The number of carboxylic acid groups (broad SMARTS) is 1. The smallest absolute Gasteiger partial charge is 0.313 e. The average Bonchev–Trinajstić information content (AvgIpc) is 2.63. The summed E-state index contributed by atoms with van der Waals surface area (Å²) in [7, 11) is 3.74. The van der Waals surface area contributed by atoms with Crippen LogP contribution in [-0.2, 0) is 4.79 Å². The summed E-state index contributed by atoms with van der Waals surface area (Å²) in [5, 5.41) is 11.2. The first-order valence-electron chi connectivity index (χ1n) is 5.36. The molecule has 0 saturated heterocycles. The van der Waals surface area contributed by atoms with E-state index < -0.39 is 5.97 Å². The Balaban J connectivity index is 2.50. The van der Waals surface area contributed by atoms with Crippen molar-refractivity contribution >= 4 is 28.9 Å². The monoisotopic (exact) mass is 266 g/mol. The summed E-state index contributed by atoms with van der Waals surface area (Å²) in [6.45, 7) is 1.95. The molecule has 7 heteroatoms. The van der Waals surface area contributed by atoms with Gasteiger partial charge in [-0.05, 0) is 18.6 Å². The molecule has 0 aliphatic carbocycles. The SMILES string of the molecule is Cc1cnc2c(c1)nc(SCC(=O)O)n2N(C)C. The zero-order valence-electron chi connectivity index (χ0n) is 10.4. The van der Waals surface area contributed by atoms with Crippen LogP contribution < -0.4 is 5.01 Å². The highest BCUT2D eigenvalue weighted by molar-refractivity contribution is 7.99. The molecule has 1 N–H and O–H groups in total. The number of carbonyl (C=O) groups is 1. The highest BCUT2D eigenvalue weighted by Crippen LogP contribution is 2.22. The predicted octanol–water partition coefficient (Wildman–Crippen LogP) is 1.11. The third-order valence-corrected chi connectivity index (χ3v) is 3.22. The molecule has 0 amide bonds. The zero-order chi connectivity index (χ0) is 13.3. The number of imidazole rings is 1. The Morgan fingerprint density at radius 2 is 2.28 bits per heavy atom. The van der Waals surface area contributed by atoms with E-state index in [4.69, 9.17) is 5.11 Å². The summed E-state index contributed by atoms with van der Waals surface area (Å²) in [5.74, 6) is -0.877. The molecule has 0 aliphatic heterocycles. The molecule has 0 aromatic carbocycles. The molecule has 2 aromatic rings. The number of hydrogen-bond donors (Lipinski definition) is 1. The van der Waals surface area contributed by atoms with Gasteiger partial charge < -0.3 is 10.1 Å². The lowest BCUT2D eigenvalue weighted by Crippen LogP contribution is -2.26. The molecule has 0 fully saturated rings. The van der Waals surface area contributed by atoms with Crippen LogP contribution in [-0.4, -0.2) is 45.6 Å². The quantitative estimate of drug-likeness (QED) is 0.836. The Hall–Kier alpha value is -1.76. The van der Waals surface area contributed by atoms with Crippen molar-refractivity contribution in [3.8, 4) is 0 Å². The summed E-state index contributed by atoms with van der Waals surface area (Å²) in [6, 6.07) is 1.94. The van der Waals surface area contributed by atoms with Crippen LogP contribution in [0.4, 0.5) is 0 Å². The van der Waals surface area contributed by atoms with Gasteiger partial charge in [0.25, 0.3) is 0 Å². The Labute approximate surface area is 109 Å². The molecule has 18 heavy (non-hydrogen) atoms. The minimum absolute atomic E-state index is 0.0177. The van der Waals surface area contributed by atoms with Gasteiger partial charge in [-0.15, -0.1) is 0 Å². The summed E-state index contributed by atoms with van der Waals surface area (Å²) in [4.78, 5) is 19.4. The van der Waals surface area contributed by atoms with Crippen molar-refractivity contribution in [2.24, 2.45) is 0 Å². The number of fused-ring (bicyclic) bond motifs is 1. The number of thioether (sulfide) groups is 1. The number of rotatable bonds is 4. The maximum absolute atomic E-state index is 10.6. The van der Waals surface area contributed by atoms with Crippen LogP contribution in [0.1, 0.15) is 5.56 Å². The second-order valence-corrected chi connectivity index (χ2v) is 5.03. The highest BCUT2D eigenvalue weighted by Gasteiger charge is 2.15. The Kier molecular flexibility index (Phi) is 3.42. The molecule has 0 bridgehead atoms. The molecule has 0 atom stereocenters. The van der Waals surface area contributed by atoms with Crippen molar-refractivity contribution in [1.82, 2.24) is 14.6 Å². The van der Waals surface area contributed by atoms with Crippen molar-refractivity contribution in [2.75, 3.05) is 24.9 Å². The fourth-order valence-corrected chi connectivity index (χ4v) is 2.40. The van der Waals surface area contributed by atoms with E-state index in [0.717, 1.165) is 16.7 Å². The van der Waals surface area contributed by atoms with Crippen molar-refractivity contribution < 1.29 is 9.90 Å². The van der Waals surface area contributed by atoms with Crippen LogP contribution in [0.2, 0.25) is 0 Å². The number of carboxylic acids is 1. The largest absolute Gasteiger partial charge is 0.481 e. The highest BCUT2D eigenvalue weighted by atomic mass is 32.2. The van der Waals surface area contributed by atoms with Crippen LogP contribution in [0.5, 0.6) is 0 Å². The number of pyridine rings is 1. The molecule has 6 nitrogen and oxygen atoms in total. The molecule has 0 radical (unpaired) electrons. The topological polar surface area (TPSA) is 71.2 Å². The fraction of sp³-hybridized carbons (Fsp3) is 0.364. The van der Waals surface area contributed by atoms with E-state index in [1.165, 1.54) is 11.8 Å². The van der Waals surface area contributed by atoms with E-state index in [2.05, 4.69) is 9.97 Å². The van der Waals surface area contributed by atoms with Gasteiger partial charge in [-0.3, -0.25) is 4.79 Å². The van der Waals surface area contributed by atoms with Gasteiger partial charge in [0, 0.05) is 20.3 Å². The molecule has 2 rings (SSSR count). The third-order valence-electron chi connectivity index (χ3n) is 2.31. The van der Waals surface area contributed by atoms with Crippen LogP contribution >= 0.6 is 11.8 Å². The maximum atomic E-state index is 10.6. The Bertz CT molecular complexity index is 594. The lowest BCUT2D eigenvalue weighted by atomic mass is 10.3. The van der Waals surface area contributed by atoms with Gasteiger partial charge in [-0.25, -0.2) is 14.6 Å². The number of aliphatic carboxylic acids is 1. The van der Waals surface area contributed by atoms with Crippen molar-refractivity contribution in [2.45, 2.75) is 12.1 Å². The van der Waals surface area contributed by atoms with Crippen LogP contribution in [0.3, 0.4) is 0 Å². The van der Waals surface area contributed by atoms with Crippen LogP contribution in [0.25, 0.3) is 11.2 Å². The predicted molar refractivity (Wildman–Crippen MR) is 70.7 cm³/mol. The zero-order valence-corrected chi connectivity index (χ0v) is 11.2. The molecule has 96 valence electrons. The van der Waals surface area contributed by atoms with Gasteiger partial charge in [0.1, 0.15) is 5.52 Å². The fourth-order valence-electron chi connectivity index (χ4n) is 1.61. The van der Waals surface area contributed by atoms with Crippen molar-refractivity contribution in [1.29, 1.82) is 0 Å². The van der Waals surface area contributed by atoms with E-state index in [1.54, 1.807) is 6.20 Å². The second-order valence-electron chi connectivity index (χ2n) is 4.09. The molecule has 0 saturated carbocycles. The van der Waals surface area contributed by atoms with Crippen LogP contribution in [0, 0.1) is 6.92 Å². The Morgan fingerprint density at radius 1 is 1.56 bits per heavy atom. The molecule has 0 aliphatic rings. The average molecular weight is 266 g/mol. The van der Waals surface area contributed by atoms with Gasteiger partial charge >= 0.3 is 5.97 Å². The lowest BCUT2D eigenvalue weighted by molar-refractivity contribution is -0.133. The Morgan fingerprint density at radius 3 is 2.89 bits per heavy atom. The molecule has 2 heterocycles. The minimum atomic E-state index is -0.860. The normalized spacial score (nSPS) is 10.8. The van der Waals surface area contributed by atoms with Gasteiger partial charge in [0.2, 0.25) is 0 Å². The molecule has 0 spiro atoms. The van der Waals surface area contributed by atoms with Crippen molar-refractivity contribution in [3.63, 3.8) is 0 Å². The summed E-state index contributed by atoms with van der Waals surface area (Å²) >= 11 is 1.19. The number of aromatic nitrogens is 3. The van der Waals surface area contributed by atoms with E-state index in [1.807, 2.05) is 36.8 Å². The lowest BCUT2D eigenvalue weighted by Gasteiger charge is -2.16. The molecule has 0 unspecified atom stereocenters. The standard InChI is InChI=1S/C11H14N4O2S/c1-7-4-8-10(12-5-7)15(14(2)3)11(13-8)18-6-9(16)17/h4-5H,6H2,1-3H3,(H,16,17). The van der Waals surface area contributed by atoms with E-state index in [0.29, 0.717) is 5.16 Å². The number of nitrogens with zero attached hydrogens (tertiary/aromatic N) is 4. The van der Waals surface area contributed by atoms with E-state index in [-0.39, 0.29) is 5.75 Å². The minimum Gasteiger partial charge on any atom is -0.481 e. The number of aryl methyl sites for hydroxylation is 1. The maximum Gasteiger partial charge on any atom is 0.313 e. The third kappa shape index (κ3) is 2.40.